The number of hydrogen-bond acceptors (Lipinski definition) is 6. The van der Waals surface area contributed by atoms with Crippen molar-refractivity contribution in [1.29, 1.82) is 0 Å². The normalized spacial score (nSPS) is 23.6. The molecule has 2 aromatic heterocycles. The number of nitrogens with one attached hydrogen (secondary N) is 1. The number of thiazole rings is 1. The van der Waals surface area contributed by atoms with E-state index in [9.17, 15) is 10.1 Å². The minimum Gasteiger partial charge on any atom is -0.359 e. The molecule has 0 unspecified atom stereocenters. The fourth-order valence-electron chi connectivity index (χ4n) is 2.56. The van der Waals surface area contributed by atoms with Crippen LogP contribution < -0.4 is 11.1 Å². The summed E-state index contributed by atoms with van der Waals surface area (Å²) in [6.45, 7) is 0. The molecule has 0 aliphatic heterocycles. The number of hydrogen-bond donors (Lipinski definition) is 2. The van der Waals surface area contributed by atoms with Crippen LogP contribution in [0, 0.1) is 10.1 Å². The zero-order chi connectivity index (χ0) is 13.4. The Morgan fingerprint density at radius 1 is 1.53 bits per heavy atom. The Hall–Kier alpha value is -1.67. The van der Waals surface area contributed by atoms with Gasteiger partial charge >= 0.3 is 5.82 Å². The van der Waals surface area contributed by atoms with E-state index in [0.717, 1.165) is 25.7 Å². The van der Waals surface area contributed by atoms with Gasteiger partial charge in [-0.2, -0.15) is 9.38 Å². The van der Waals surface area contributed by atoms with Gasteiger partial charge in [-0.1, -0.05) is 24.2 Å². The lowest BCUT2D eigenvalue weighted by atomic mass is 9.91. The highest BCUT2D eigenvalue weighted by Gasteiger charge is 2.28. The Morgan fingerprint density at radius 3 is 3.05 bits per heavy atom. The molecule has 3 N–H and O–H groups in total. The average molecular weight is 281 g/mol. The van der Waals surface area contributed by atoms with Gasteiger partial charge in [0.05, 0.1) is 0 Å². The molecule has 8 heteroatoms. The highest BCUT2D eigenvalue weighted by Crippen LogP contribution is 2.30. The lowest BCUT2D eigenvalue weighted by molar-refractivity contribution is -0.389. The van der Waals surface area contributed by atoms with Gasteiger partial charge in [0.25, 0.3) is 4.96 Å². The van der Waals surface area contributed by atoms with Gasteiger partial charge in [-0.05, 0) is 17.8 Å². The highest BCUT2D eigenvalue weighted by atomic mass is 32.1. The van der Waals surface area contributed by atoms with E-state index in [1.807, 2.05) is 0 Å². The maximum Gasteiger partial charge on any atom is 0.372 e. The first-order valence-corrected chi connectivity index (χ1v) is 7.17. The molecule has 19 heavy (non-hydrogen) atoms. The smallest absolute Gasteiger partial charge is 0.359 e. The van der Waals surface area contributed by atoms with Gasteiger partial charge in [0.15, 0.2) is 0 Å². The molecule has 102 valence electrons. The van der Waals surface area contributed by atoms with Gasteiger partial charge in [0, 0.05) is 17.5 Å². The van der Waals surface area contributed by atoms with E-state index in [2.05, 4.69) is 10.3 Å². The van der Waals surface area contributed by atoms with Crippen molar-refractivity contribution in [3.05, 3.63) is 21.7 Å². The first-order chi connectivity index (χ1) is 9.16. The van der Waals surface area contributed by atoms with Gasteiger partial charge in [0.2, 0.25) is 5.82 Å². The second-order valence-electron chi connectivity index (χ2n) is 4.80. The Morgan fingerprint density at radius 2 is 2.32 bits per heavy atom. The van der Waals surface area contributed by atoms with Crippen LogP contribution in [0.25, 0.3) is 4.96 Å². The largest absolute Gasteiger partial charge is 0.372 e. The summed E-state index contributed by atoms with van der Waals surface area (Å²) in [4.78, 5) is 15.7. The first kappa shape index (κ1) is 12.4. The molecule has 1 aliphatic carbocycles. The van der Waals surface area contributed by atoms with Crippen LogP contribution in [-0.4, -0.2) is 26.4 Å². The van der Waals surface area contributed by atoms with E-state index < -0.39 is 4.92 Å². The third-order valence-corrected chi connectivity index (χ3v) is 4.31. The maximum absolute atomic E-state index is 11.2. The molecular formula is C11H15N5O2S. The maximum atomic E-state index is 11.2. The summed E-state index contributed by atoms with van der Waals surface area (Å²) in [6.07, 6.45) is 5.77. The number of nitrogens with two attached hydrogens (primary N) is 1. The zero-order valence-corrected chi connectivity index (χ0v) is 11.1. The van der Waals surface area contributed by atoms with Crippen molar-refractivity contribution in [1.82, 2.24) is 9.38 Å². The van der Waals surface area contributed by atoms with Gasteiger partial charge in [-0.15, -0.1) is 0 Å². The number of nitro groups is 1. The van der Waals surface area contributed by atoms with Crippen LogP contribution in [0.2, 0.25) is 0 Å². The lowest BCUT2D eigenvalue weighted by Gasteiger charge is -2.28. The van der Waals surface area contributed by atoms with Crippen LogP contribution in [0.1, 0.15) is 25.7 Å². The second kappa shape index (κ2) is 4.78. The van der Waals surface area contributed by atoms with E-state index in [4.69, 9.17) is 5.73 Å². The molecule has 2 aromatic rings. The summed E-state index contributed by atoms with van der Waals surface area (Å²) in [5, 5.41) is 16.1. The lowest BCUT2D eigenvalue weighted by Crippen LogP contribution is -2.42. The Balaban J connectivity index is 1.93. The molecule has 0 spiro atoms. The van der Waals surface area contributed by atoms with E-state index in [0.29, 0.717) is 10.8 Å². The third kappa shape index (κ3) is 2.17. The molecule has 0 bridgehead atoms. The molecule has 0 radical (unpaired) electrons. The molecule has 1 aliphatic rings. The number of rotatable bonds is 3. The molecular weight excluding hydrogens is 266 g/mol. The fraction of sp³-hybridized carbons (Fsp3) is 0.545. The Bertz CT molecular complexity index is 607. The zero-order valence-electron chi connectivity index (χ0n) is 10.3. The minimum absolute atomic E-state index is 0.00553. The van der Waals surface area contributed by atoms with E-state index in [-0.39, 0.29) is 17.9 Å². The van der Waals surface area contributed by atoms with Crippen molar-refractivity contribution in [2.24, 2.45) is 5.73 Å². The molecule has 0 amide bonds. The number of fused-ring (bicyclic) bond motifs is 1. The molecule has 2 heterocycles. The summed E-state index contributed by atoms with van der Waals surface area (Å²) in [5.74, 6) is 0.327. The summed E-state index contributed by atoms with van der Waals surface area (Å²) in [6, 6.07) is 0.102. The van der Waals surface area contributed by atoms with Crippen molar-refractivity contribution in [2.75, 3.05) is 5.32 Å². The van der Waals surface area contributed by atoms with Crippen LogP contribution >= 0.6 is 11.3 Å². The molecule has 3 rings (SSSR count). The third-order valence-electron chi connectivity index (χ3n) is 3.55. The number of nitrogens with zero attached hydrogens (tertiary/aromatic N) is 3. The van der Waals surface area contributed by atoms with Crippen LogP contribution in [0.5, 0.6) is 0 Å². The number of anilines is 1. The second-order valence-corrected chi connectivity index (χ2v) is 5.67. The molecule has 1 saturated carbocycles. The van der Waals surface area contributed by atoms with Gasteiger partial charge in [-0.25, -0.2) is 0 Å². The monoisotopic (exact) mass is 281 g/mol. The van der Waals surface area contributed by atoms with Crippen LogP contribution in [-0.2, 0) is 0 Å². The first-order valence-electron chi connectivity index (χ1n) is 6.29. The Kier molecular flexibility index (Phi) is 3.11. The summed E-state index contributed by atoms with van der Waals surface area (Å²) < 4.78 is 1.50. The topological polar surface area (TPSA) is 98.5 Å². The fourth-order valence-corrected chi connectivity index (χ4v) is 3.27. The summed E-state index contributed by atoms with van der Waals surface area (Å²) in [7, 11) is 0. The van der Waals surface area contributed by atoms with Gasteiger partial charge in [0.1, 0.15) is 6.20 Å². The predicted octanol–water partition coefficient (Wildman–Crippen LogP) is 1.99. The van der Waals surface area contributed by atoms with Crippen molar-refractivity contribution < 1.29 is 4.92 Å². The van der Waals surface area contributed by atoms with Crippen LogP contribution in [0.15, 0.2) is 11.6 Å². The molecule has 7 nitrogen and oxygen atoms in total. The molecule has 1 fully saturated rings. The van der Waals surface area contributed by atoms with E-state index in [1.165, 1.54) is 15.7 Å². The molecule has 0 saturated heterocycles. The summed E-state index contributed by atoms with van der Waals surface area (Å²) in [5.41, 5.74) is 6.06. The van der Waals surface area contributed by atoms with Crippen molar-refractivity contribution in [3.63, 3.8) is 0 Å². The molecule has 2 atom stereocenters. The van der Waals surface area contributed by atoms with Crippen molar-refractivity contribution in [2.45, 2.75) is 37.8 Å². The van der Waals surface area contributed by atoms with E-state index >= 15 is 0 Å². The Labute approximate surface area is 113 Å². The highest BCUT2D eigenvalue weighted by molar-refractivity contribution is 7.15. The number of imidazole rings is 1. The predicted molar refractivity (Wildman–Crippen MR) is 73.6 cm³/mol. The van der Waals surface area contributed by atoms with Gasteiger partial charge in [-0.3, -0.25) is 0 Å². The van der Waals surface area contributed by atoms with Crippen LogP contribution in [0.4, 0.5) is 11.6 Å². The average Bonchev–Trinajstić information content (AvgIpc) is 2.91. The van der Waals surface area contributed by atoms with Crippen LogP contribution in [0.3, 0.4) is 0 Å². The summed E-state index contributed by atoms with van der Waals surface area (Å²) >= 11 is 1.38. The van der Waals surface area contributed by atoms with Crippen molar-refractivity contribution >= 4 is 27.9 Å². The SMILES string of the molecule is N[C@@H]1CCCC[C@H]1Nc1nc2sccn2c1[N+](=O)[O-]. The quantitative estimate of drug-likeness (QED) is 0.662. The van der Waals surface area contributed by atoms with E-state index in [1.54, 1.807) is 11.6 Å². The standard InChI is InChI=1S/C11H15N5O2S/c12-7-3-1-2-4-8(7)13-9-10(16(17)18)15-5-6-19-11(15)14-9/h5-8,13H,1-4,12H2/t7-,8-/m1/s1. The number of aromatic nitrogens is 2. The minimum atomic E-state index is -0.399. The van der Waals surface area contributed by atoms with Gasteiger partial charge < -0.3 is 21.2 Å². The van der Waals surface area contributed by atoms with Crippen molar-refractivity contribution in [3.8, 4) is 0 Å². The molecule has 0 aromatic carbocycles.